The number of carbonyl (C=O) groups excluding carboxylic acids is 2. The maximum Gasteiger partial charge on any atom is 0.231 e. The summed E-state index contributed by atoms with van der Waals surface area (Å²) in [5, 5.41) is 0. The van der Waals surface area contributed by atoms with E-state index >= 15 is 0 Å². The second kappa shape index (κ2) is 2.69. The molecule has 0 saturated carbocycles. The largest absolute Gasteiger partial charge is 0.315 e. The van der Waals surface area contributed by atoms with Gasteiger partial charge in [0.05, 0.1) is 6.42 Å². The van der Waals surface area contributed by atoms with Gasteiger partial charge in [0.15, 0.2) is 0 Å². The van der Waals surface area contributed by atoms with E-state index in [0.29, 0.717) is 12.0 Å². The average Bonchev–Trinajstić information content (AvgIpc) is 2.42. The molecule has 66 valence electrons. The van der Waals surface area contributed by atoms with Crippen LogP contribution >= 0.6 is 0 Å². The van der Waals surface area contributed by atoms with Crippen molar-refractivity contribution < 1.29 is 9.59 Å². The summed E-state index contributed by atoms with van der Waals surface area (Å²) in [6.45, 7) is 0. The summed E-state index contributed by atoms with van der Waals surface area (Å²) in [6, 6.07) is 5.30. The van der Waals surface area contributed by atoms with E-state index in [2.05, 4.69) is 0 Å². The zero-order chi connectivity index (χ0) is 9.42. The Balaban J connectivity index is 2.52. The number of anilines is 1. The molecular weight excluding hydrogens is 166 g/mol. The molecule has 1 aliphatic heterocycles. The summed E-state index contributed by atoms with van der Waals surface area (Å²) in [5.41, 5.74) is 2.48. The Morgan fingerprint density at radius 3 is 2.92 bits per heavy atom. The van der Waals surface area contributed by atoms with Crippen LogP contribution in [0.2, 0.25) is 0 Å². The lowest BCUT2D eigenvalue weighted by atomic mass is 10.1. The molecule has 1 amide bonds. The first-order chi connectivity index (χ1) is 6.22. The van der Waals surface area contributed by atoms with Gasteiger partial charge in [-0.05, 0) is 23.8 Å². The van der Waals surface area contributed by atoms with E-state index in [0.717, 1.165) is 17.5 Å². The highest BCUT2D eigenvalue weighted by Gasteiger charge is 2.23. The van der Waals surface area contributed by atoms with Crippen LogP contribution in [0.1, 0.15) is 15.9 Å². The first-order valence-electron chi connectivity index (χ1n) is 4.07. The van der Waals surface area contributed by atoms with Gasteiger partial charge in [-0.2, -0.15) is 0 Å². The third-order valence-corrected chi connectivity index (χ3v) is 2.32. The highest BCUT2D eigenvalue weighted by atomic mass is 16.2. The summed E-state index contributed by atoms with van der Waals surface area (Å²) in [5.74, 6) is 0.0815. The predicted molar refractivity (Wildman–Crippen MR) is 48.9 cm³/mol. The van der Waals surface area contributed by atoms with Crippen LogP contribution in [0.3, 0.4) is 0 Å². The van der Waals surface area contributed by atoms with Crippen LogP contribution in [-0.4, -0.2) is 19.2 Å². The summed E-state index contributed by atoms with van der Waals surface area (Å²) >= 11 is 0. The Hall–Kier alpha value is -1.64. The number of nitrogens with zero attached hydrogens (tertiary/aromatic N) is 1. The fourth-order valence-corrected chi connectivity index (χ4v) is 1.56. The molecule has 0 unspecified atom stereocenters. The van der Waals surface area contributed by atoms with Crippen LogP contribution in [0, 0.1) is 0 Å². The van der Waals surface area contributed by atoms with Gasteiger partial charge in [-0.3, -0.25) is 9.59 Å². The van der Waals surface area contributed by atoms with Gasteiger partial charge in [-0.15, -0.1) is 0 Å². The molecule has 0 aromatic heterocycles. The van der Waals surface area contributed by atoms with E-state index in [9.17, 15) is 9.59 Å². The quantitative estimate of drug-likeness (QED) is 0.597. The van der Waals surface area contributed by atoms with Gasteiger partial charge >= 0.3 is 0 Å². The topological polar surface area (TPSA) is 37.4 Å². The number of rotatable bonds is 1. The summed E-state index contributed by atoms with van der Waals surface area (Å²) in [7, 11) is 1.74. The van der Waals surface area contributed by atoms with Crippen molar-refractivity contribution in [2.45, 2.75) is 6.42 Å². The zero-order valence-corrected chi connectivity index (χ0v) is 7.28. The van der Waals surface area contributed by atoms with Crippen molar-refractivity contribution in [2.75, 3.05) is 11.9 Å². The van der Waals surface area contributed by atoms with Crippen LogP contribution in [-0.2, 0) is 11.2 Å². The predicted octanol–water partition coefficient (Wildman–Crippen LogP) is 1.02. The van der Waals surface area contributed by atoms with E-state index in [1.54, 1.807) is 24.1 Å². The fourth-order valence-electron chi connectivity index (χ4n) is 1.56. The second-order valence-corrected chi connectivity index (χ2v) is 3.14. The molecule has 0 atom stereocenters. The lowest BCUT2D eigenvalue weighted by Gasteiger charge is -2.09. The third kappa shape index (κ3) is 1.13. The summed E-state index contributed by atoms with van der Waals surface area (Å²) in [6.07, 6.45) is 1.20. The molecular formula is C10H9NO2. The first-order valence-corrected chi connectivity index (χ1v) is 4.07. The Morgan fingerprint density at radius 1 is 1.46 bits per heavy atom. The Labute approximate surface area is 76.0 Å². The highest BCUT2D eigenvalue weighted by Crippen LogP contribution is 2.27. The van der Waals surface area contributed by atoms with Crippen LogP contribution in [0.5, 0.6) is 0 Å². The van der Waals surface area contributed by atoms with E-state index in [4.69, 9.17) is 0 Å². The van der Waals surface area contributed by atoms with Gasteiger partial charge < -0.3 is 4.90 Å². The Morgan fingerprint density at radius 2 is 2.23 bits per heavy atom. The number of hydrogen-bond acceptors (Lipinski definition) is 2. The minimum atomic E-state index is 0.0815. The van der Waals surface area contributed by atoms with Crippen molar-refractivity contribution in [3.8, 4) is 0 Å². The molecule has 1 aliphatic rings. The Kier molecular flexibility index (Phi) is 1.65. The average molecular weight is 175 g/mol. The number of fused-ring (bicyclic) bond motifs is 1. The minimum Gasteiger partial charge on any atom is -0.315 e. The second-order valence-electron chi connectivity index (χ2n) is 3.14. The lowest BCUT2D eigenvalue weighted by Crippen LogP contribution is -2.20. The van der Waals surface area contributed by atoms with Gasteiger partial charge in [-0.25, -0.2) is 0 Å². The van der Waals surface area contributed by atoms with Crippen LogP contribution < -0.4 is 4.90 Å². The van der Waals surface area contributed by atoms with E-state index in [-0.39, 0.29) is 5.91 Å². The molecule has 0 aliphatic carbocycles. The molecule has 0 saturated heterocycles. The van der Waals surface area contributed by atoms with Gasteiger partial charge in [0.2, 0.25) is 5.91 Å². The first kappa shape index (κ1) is 7.98. The van der Waals surface area contributed by atoms with Crippen LogP contribution in [0.25, 0.3) is 0 Å². The standard InChI is InChI=1S/C10H9NO2/c1-11-9-3-2-7(6-12)4-8(9)5-10(11)13/h2-4,6H,5H2,1H3. The Bertz CT molecular complexity index is 385. The van der Waals surface area contributed by atoms with Gasteiger partial charge in [-0.1, -0.05) is 0 Å². The smallest absolute Gasteiger partial charge is 0.231 e. The van der Waals surface area contributed by atoms with E-state index in [1.807, 2.05) is 6.07 Å². The van der Waals surface area contributed by atoms with Gasteiger partial charge in [0.25, 0.3) is 0 Å². The maximum atomic E-state index is 11.3. The molecule has 0 N–H and O–H groups in total. The monoisotopic (exact) mass is 175 g/mol. The maximum absolute atomic E-state index is 11.3. The number of benzene rings is 1. The molecule has 0 bridgehead atoms. The molecule has 2 rings (SSSR count). The van der Waals surface area contributed by atoms with Crippen molar-refractivity contribution in [2.24, 2.45) is 0 Å². The zero-order valence-electron chi connectivity index (χ0n) is 7.28. The molecule has 0 radical (unpaired) electrons. The van der Waals surface area contributed by atoms with Crippen molar-refractivity contribution >= 4 is 17.9 Å². The van der Waals surface area contributed by atoms with Crippen molar-refractivity contribution in [1.82, 2.24) is 0 Å². The van der Waals surface area contributed by atoms with E-state index in [1.165, 1.54) is 0 Å². The van der Waals surface area contributed by atoms with Gasteiger partial charge in [0, 0.05) is 18.3 Å². The molecule has 1 heterocycles. The molecule has 13 heavy (non-hydrogen) atoms. The number of likely N-dealkylation sites (N-methyl/N-ethyl adjacent to an activating group) is 1. The van der Waals surface area contributed by atoms with E-state index < -0.39 is 0 Å². The number of hydrogen-bond donors (Lipinski definition) is 0. The molecule has 0 fully saturated rings. The summed E-state index contributed by atoms with van der Waals surface area (Å²) in [4.78, 5) is 23.4. The fraction of sp³-hybridized carbons (Fsp3) is 0.200. The SMILES string of the molecule is CN1C(=O)Cc2cc(C=O)ccc21. The van der Waals surface area contributed by atoms with Crippen molar-refractivity contribution in [3.05, 3.63) is 29.3 Å². The van der Waals surface area contributed by atoms with Crippen LogP contribution in [0.15, 0.2) is 18.2 Å². The molecule has 1 aromatic rings. The third-order valence-electron chi connectivity index (χ3n) is 2.32. The number of amides is 1. The normalized spacial score (nSPS) is 14.5. The number of carbonyl (C=O) groups is 2. The van der Waals surface area contributed by atoms with Crippen molar-refractivity contribution in [1.29, 1.82) is 0 Å². The molecule has 0 spiro atoms. The molecule has 3 nitrogen and oxygen atoms in total. The van der Waals surface area contributed by atoms with Gasteiger partial charge in [0.1, 0.15) is 6.29 Å². The molecule has 1 aromatic carbocycles. The van der Waals surface area contributed by atoms with Crippen molar-refractivity contribution in [3.63, 3.8) is 0 Å². The summed E-state index contributed by atoms with van der Waals surface area (Å²) < 4.78 is 0. The number of aldehydes is 1. The molecule has 3 heteroatoms. The highest BCUT2D eigenvalue weighted by molar-refractivity contribution is 6.01. The van der Waals surface area contributed by atoms with Crippen LogP contribution in [0.4, 0.5) is 5.69 Å². The minimum absolute atomic E-state index is 0.0815. The lowest BCUT2D eigenvalue weighted by molar-refractivity contribution is -0.117.